The first-order chi connectivity index (χ1) is 10.2. The number of nitrogens with zero attached hydrogens (tertiary/aromatic N) is 4. The first-order valence-corrected chi connectivity index (χ1v) is 8.22. The average molecular weight is 307 g/mol. The SMILES string of the molecule is CCCc1nc(C)c(-c2nc(C3CNCCN3C)no2)s1. The molecule has 3 heterocycles. The number of hydrogen-bond donors (Lipinski definition) is 1. The van der Waals surface area contributed by atoms with Crippen molar-refractivity contribution < 1.29 is 4.52 Å². The second kappa shape index (κ2) is 6.21. The van der Waals surface area contributed by atoms with Gasteiger partial charge in [-0.1, -0.05) is 12.1 Å². The van der Waals surface area contributed by atoms with Crippen molar-refractivity contribution >= 4 is 11.3 Å². The van der Waals surface area contributed by atoms with Crippen LogP contribution in [0.2, 0.25) is 0 Å². The van der Waals surface area contributed by atoms with E-state index in [-0.39, 0.29) is 6.04 Å². The van der Waals surface area contributed by atoms with Gasteiger partial charge in [0, 0.05) is 19.6 Å². The molecule has 0 amide bonds. The molecule has 0 aromatic carbocycles. The minimum atomic E-state index is 0.180. The number of piperazine rings is 1. The highest BCUT2D eigenvalue weighted by atomic mass is 32.1. The molecule has 0 bridgehead atoms. The van der Waals surface area contributed by atoms with E-state index in [0.29, 0.717) is 5.89 Å². The first-order valence-electron chi connectivity index (χ1n) is 7.40. The van der Waals surface area contributed by atoms with Gasteiger partial charge in [0.1, 0.15) is 4.88 Å². The van der Waals surface area contributed by atoms with Crippen LogP contribution in [0.5, 0.6) is 0 Å². The van der Waals surface area contributed by atoms with E-state index >= 15 is 0 Å². The summed E-state index contributed by atoms with van der Waals surface area (Å²) >= 11 is 1.66. The fourth-order valence-corrected chi connectivity index (χ4v) is 3.62. The Morgan fingerprint density at radius 1 is 1.43 bits per heavy atom. The Kier molecular flexibility index (Phi) is 4.32. The zero-order chi connectivity index (χ0) is 14.8. The Balaban J connectivity index is 1.84. The summed E-state index contributed by atoms with van der Waals surface area (Å²) in [5.74, 6) is 1.35. The van der Waals surface area contributed by atoms with Crippen LogP contribution >= 0.6 is 11.3 Å². The van der Waals surface area contributed by atoms with Crippen molar-refractivity contribution in [2.45, 2.75) is 32.7 Å². The Labute approximate surface area is 128 Å². The smallest absolute Gasteiger partial charge is 0.269 e. The van der Waals surface area contributed by atoms with Crippen molar-refractivity contribution in [1.29, 1.82) is 0 Å². The van der Waals surface area contributed by atoms with Crippen LogP contribution in [0.15, 0.2) is 4.52 Å². The van der Waals surface area contributed by atoms with E-state index in [1.807, 2.05) is 6.92 Å². The molecule has 0 radical (unpaired) electrons. The van der Waals surface area contributed by atoms with Crippen LogP contribution in [-0.2, 0) is 6.42 Å². The third kappa shape index (κ3) is 3.00. The van der Waals surface area contributed by atoms with Gasteiger partial charge in [-0.3, -0.25) is 4.90 Å². The fourth-order valence-electron chi connectivity index (χ4n) is 2.53. The fraction of sp³-hybridized carbons (Fsp3) is 0.643. The van der Waals surface area contributed by atoms with Gasteiger partial charge >= 0.3 is 0 Å². The van der Waals surface area contributed by atoms with Gasteiger partial charge in [-0.15, -0.1) is 11.3 Å². The van der Waals surface area contributed by atoms with Gasteiger partial charge in [0.05, 0.1) is 16.7 Å². The van der Waals surface area contributed by atoms with Crippen LogP contribution in [0, 0.1) is 6.92 Å². The van der Waals surface area contributed by atoms with E-state index in [1.165, 1.54) is 0 Å². The lowest BCUT2D eigenvalue weighted by Crippen LogP contribution is -2.44. The number of rotatable bonds is 4. The van der Waals surface area contributed by atoms with Crippen LogP contribution in [0.3, 0.4) is 0 Å². The maximum absolute atomic E-state index is 5.48. The number of nitrogens with one attached hydrogen (secondary N) is 1. The summed E-state index contributed by atoms with van der Waals surface area (Å²) < 4.78 is 5.48. The summed E-state index contributed by atoms with van der Waals surface area (Å²) in [5.41, 5.74) is 0.980. The summed E-state index contributed by atoms with van der Waals surface area (Å²) in [6.07, 6.45) is 2.10. The van der Waals surface area contributed by atoms with Crippen molar-refractivity contribution in [3.8, 4) is 10.8 Å². The highest BCUT2D eigenvalue weighted by Crippen LogP contribution is 2.30. The molecule has 0 aliphatic carbocycles. The summed E-state index contributed by atoms with van der Waals surface area (Å²) in [6.45, 7) is 7.02. The van der Waals surface area contributed by atoms with Gasteiger partial charge < -0.3 is 9.84 Å². The van der Waals surface area contributed by atoms with Gasteiger partial charge in [0.25, 0.3) is 5.89 Å². The van der Waals surface area contributed by atoms with Crippen LogP contribution in [0.25, 0.3) is 10.8 Å². The third-order valence-electron chi connectivity index (χ3n) is 3.75. The highest BCUT2D eigenvalue weighted by Gasteiger charge is 2.26. The molecule has 1 aliphatic heterocycles. The van der Waals surface area contributed by atoms with Crippen LogP contribution in [0.4, 0.5) is 0 Å². The molecular formula is C14H21N5OS. The maximum Gasteiger partial charge on any atom is 0.269 e. The van der Waals surface area contributed by atoms with Crippen LogP contribution < -0.4 is 5.32 Å². The standard InChI is InChI=1S/C14H21N5OS/c1-4-5-11-16-9(2)12(21-11)14-17-13(18-20-14)10-8-15-6-7-19(10)3/h10,15H,4-8H2,1-3H3. The molecule has 3 rings (SSSR count). The van der Waals surface area contributed by atoms with Crippen molar-refractivity contribution in [2.75, 3.05) is 26.7 Å². The predicted octanol–water partition coefficient (Wildman–Crippen LogP) is 2.03. The van der Waals surface area contributed by atoms with Crippen molar-refractivity contribution in [1.82, 2.24) is 25.3 Å². The van der Waals surface area contributed by atoms with Gasteiger partial charge in [0.15, 0.2) is 5.82 Å². The van der Waals surface area contributed by atoms with Crippen LogP contribution in [-0.4, -0.2) is 46.7 Å². The zero-order valence-electron chi connectivity index (χ0n) is 12.7. The summed E-state index contributed by atoms with van der Waals surface area (Å²) in [4.78, 5) is 12.4. The largest absolute Gasteiger partial charge is 0.333 e. The number of aryl methyl sites for hydroxylation is 2. The van der Waals surface area contributed by atoms with Gasteiger partial charge in [-0.05, 0) is 26.8 Å². The summed E-state index contributed by atoms with van der Waals surface area (Å²) in [5, 5.41) is 8.69. The lowest BCUT2D eigenvalue weighted by molar-refractivity contribution is 0.190. The van der Waals surface area contributed by atoms with Crippen LogP contribution in [0.1, 0.15) is 35.9 Å². The number of likely N-dealkylation sites (N-methyl/N-ethyl adjacent to an activating group) is 1. The monoisotopic (exact) mass is 307 g/mol. The molecule has 0 spiro atoms. The van der Waals surface area contributed by atoms with Gasteiger partial charge in [-0.25, -0.2) is 4.98 Å². The molecule has 1 N–H and O–H groups in total. The molecule has 1 unspecified atom stereocenters. The molecule has 6 nitrogen and oxygen atoms in total. The Morgan fingerprint density at radius 3 is 3.05 bits per heavy atom. The van der Waals surface area contributed by atoms with E-state index in [9.17, 15) is 0 Å². The molecule has 1 aliphatic rings. The van der Waals surface area contributed by atoms with E-state index in [4.69, 9.17) is 4.52 Å². The average Bonchev–Trinajstić information content (AvgIpc) is 3.06. The third-order valence-corrected chi connectivity index (χ3v) is 4.96. The lowest BCUT2D eigenvalue weighted by atomic mass is 10.2. The van der Waals surface area contributed by atoms with E-state index < -0.39 is 0 Å². The normalized spacial score (nSPS) is 20.0. The van der Waals surface area contributed by atoms with Crippen molar-refractivity contribution in [3.63, 3.8) is 0 Å². The van der Waals surface area contributed by atoms with Crippen molar-refractivity contribution in [2.24, 2.45) is 0 Å². The molecule has 1 fully saturated rings. The zero-order valence-corrected chi connectivity index (χ0v) is 13.5. The molecular weight excluding hydrogens is 286 g/mol. The second-order valence-corrected chi connectivity index (χ2v) is 6.51. The summed E-state index contributed by atoms with van der Waals surface area (Å²) in [7, 11) is 2.10. The minimum Gasteiger partial charge on any atom is -0.333 e. The molecule has 2 aromatic rings. The van der Waals surface area contributed by atoms with Gasteiger partial charge in [-0.2, -0.15) is 4.98 Å². The predicted molar refractivity (Wildman–Crippen MR) is 82.4 cm³/mol. The molecule has 114 valence electrons. The number of aromatic nitrogens is 3. The maximum atomic E-state index is 5.48. The summed E-state index contributed by atoms with van der Waals surface area (Å²) in [6, 6.07) is 0.180. The Morgan fingerprint density at radius 2 is 2.29 bits per heavy atom. The lowest BCUT2D eigenvalue weighted by Gasteiger charge is -2.30. The Hall–Kier alpha value is -1.31. The van der Waals surface area contributed by atoms with Crippen molar-refractivity contribution in [3.05, 3.63) is 16.5 Å². The van der Waals surface area contributed by atoms with E-state index in [0.717, 1.165) is 53.9 Å². The van der Waals surface area contributed by atoms with Gasteiger partial charge in [0.2, 0.25) is 0 Å². The minimum absolute atomic E-state index is 0.180. The molecule has 1 saturated heterocycles. The molecule has 21 heavy (non-hydrogen) atoms. The Bertz CT molecular complexity index is 608. The molecule has 1 atom stereocenters. The van der Waals surface area contributed by atoms with E-state index in [2.05, 4.69) is 39.3 Å². The molecule has 2 aromatic heterocycles. The molecule has 0 saturated carbocycles. The second-order valence-electron chi connectivity index (χ2n) is 5.43. The van der Waals surface area contributed by atoms with E-state index in [1.54, 1.807) is 11.3 Å². The molecule has 7 heteroatoms. The first kappa shape index (κ1) is 14.6. The highest BCUT2D eigenvalue weighted by molar-refractivity contribution is 7.15. The number of hydrogen-bond acceptors (Lipinski definition) is 7. The quantitative estimate of drug-likeness (QED) is 0.932. The topological polar surface area (TPSA) is 67.1 Å². The number of thiazole rings is 1.